The largest absolute Gasteiger partial charge is 0.494 e. The molecule has 0 fully saturated rings. The maximum absolute atomic E-state index is 11.8. The molecule has 0 aliphatic rings. The third-order valence-electron chi connectivity index (χ3n) is 4.14. The summed E-state index contributed by atoms with van der Waals surface area (Å²) in [6.07, 6.45) is 1.61. The van der Waals surface area contributed by atoms with Gasteiger partial charge in [-0.1, -0.05) is 41.4 Å². The molecule has 0 aromatic heterocycles. The lowest BCUT2D eigenvalue weighted by atomic mass is 10.1. The zero-order valence-corrected chi connectivity index (χ0v) is 17.8. The number of halogens is 2. The molecule has 0 amide bonds. The number of benzene rings is 2. The van der Waals surface area contributed by atoms with Gasteiger partial charge in [0.15, 0.2) is 0 Å². The van der Waals surface area contributed by atoms with Crippen LogP contribution >= 0.6 is 23.2 Å². The fourth-order valence-corrected chi connectivity index (χ4v) is 3.11. The van der Waals surface area contributed by atoms with Crippen molar-refractivity contribution in [2.24, 2.45) is 0 Å². The predicted octanol–water partition coefficient (Wildman–Crippen LogP) is 6.04. The van der Waals surface area contributed by atoms with Crippen molar-refractivity contribution < 1.29 is 19.0 Å². The molecule has 0 aliphatic heterocycles. The fourth-order valence-electron chi connectivity index (χ4n) is 2.79. The quantitative estimate of drug-likeness (QED) is 0.326. The van der Waals surface area contributed by atoms with E-state index in [1.165, 1.54) is 0 Å². The molecule has 0 bridgehead atoms. The Morgan fingerprint density at radius 3 is 2.39 bits per heavy atom. The first-order chi connectivity index (χ1) is 13.5. The van der Waals surface area contributed by atoms with Crippen molar-refractivity contribution >= 4 is 29.2 Å². The number of rotatable bonds is 11. The summed E-state index contributed by atoms with van der Waals surface area (Å²) in [4.78, 5) is 11.8. The number of carbonyl (C=O) groups excluding carboxylic acids is 1. The molecular weight excluding hydrogens is 399 g/mol. The minimum Gasteiger partial charge on any atom is -0.494 e. The molecule has 0 heterocycles. The summed E-state index contributed by atoms with van der Waals surface area (Å²) in [7, 11) is 0. The molecule has 2 aromatic rings. The van der Waals surface area contributed by atoms with Gasteiger partial charge < -0.3 is 14.2 Å². The number of carbonyl (C=O) groups is 1. The van der Waals surface area contributed by atoms with Crippen molar-refractivity contribution in [3.63, 3.8) is 0 Å². The first-order valence-corrected chi connectivity index (χ1v) is 10.2. The van der Waals surface area contributed by atoms with Gasteiger partial charge in [-0.05, 0) is 62.1 Å². The Morgan fingerprint density at radius 2 is 1.75 bits per heavy atom. The lowest BCUT2D eigenvalue weighted by Gasteiger charge is -2.17. The fraction of sp³-hybridized carbons (Fsp3) is 0.409. The van der Waals surface area contributed by atoms with Gasteiger partial charge >= 0.3 is 5.97 Å². The first-order valence-electron chi connectivity index (χ1n) is 9.47. The minimum atomic E-state index is -0.312. The number of hydrogen-bond acceptors (Lipinski definition) is 4. The lowest BCUT2D eigenvalue weighted by molar-refractivity contribution is -0.146. The van der Waals surface area contributed by atoms with Gasteiger partial charge in [0.25, 0.3) is 0 Å². The molecule has 2 aromatic carbocycles. The second-order valence-electron chi connectivity index (χ2n) is 6.22. The summed E-state index contributed by atoms with van der Waals surface area (Å²) in [6, 6.07) is 13.3. The van der Waals surface area contributed by atoms with Crippen molar-refractivity contribution in [3.05, 3.63) is 63.6 Å². The molecule has 0 aliphatic carbocycles. The average molecular weight is 425 g/mol. The molecule has 0 N–H and O–H groups in total. The molecular formula is C22H26Cl2O4. The molecule has 2 rings (SSSR count). The van der Waals surface area contributed by atoms with Crippen molar-refractivity contribution in [3.8, 4) is 5.75 Å². The van der Waals surface area contributed by atoms with Gasteiger partial charge in [0.1, 0.15) is 5.75 Å². The Labute approximate surface area is 176 Å². The Balaban J connectivity index is 1.83. The SMILES string of the molecule is CCOC(=O)C[C@H](OCC)c1ccc(OCCCc2ccc(Cl)c(Cl)c2)cc1. The standard InChI is InChI=1S/C22H26Cl2O4/c1-3-26-21(15-22(25)27-4-2)17-8-10-18(11-9-17)28-13-5-6-16-7-12-19(23)20(24)14-16/h7-12,14,21H,3-6,13,15H2,1-2H3/t21-/m0/s1. The zero-order valence-electron chi connectivity index (χ0n) is 16.3. The summed E-state index contributed by atoms with van der Waals surface area (Å²) < 4.78 is 16.5. The summed E-state index contributed by atoms with van der Waals surface area (Å²) >= 11 is 12.0. The van der Waals surface area contributed by atoms with Gasteiger partial charge in [0, 0.05) is 6.61 Å². The highest BCUT2D eigenvalue weighted by Gasteiger charge is 2.17. The third kappa shape index (κ3) is 7.34. The molecule has 152 valence electrons. The van der Waals surface area contributed by atoms with Gasteiger partial charge in [-0.25, -0.2) is 0 Å². The lowest BCUT2D eigenvalue weighted by Crippen LogP contribution is -2.13. The van der Waals surface area contributed by atoms with E-state index in [1.54, 1.807) is 6.92 Å². The molecule has 0 unspecified atom stereocenters. The Bertz CT molecular complexity index is 747. The predicted molar refractivity (Wildman–Crippen MR) is 112 cm³/mol. The molecule has 0 saturated carbocycles. The summed E-state index contributed by atoms with van der Waals surface area (Å²) in [5, 5.41) is 1.14. The molecule has 6 heteroatoms. The maximum atomic E-state index is 11.8. The van der Waals surface area contributed by atoms with Gasteiger partial charge in [-0.15, -0.1) is 0 Å². The minimum absolute atomic E-state index is 0.200. The van der Waals surface area contributed by atoms with E-state index in [0.29, 0.717) is 29.9 Å². The van der Waals surface area contributed by atoms with E-state index >= 15 is 0 Å². The zero-order chi connectivity index (χ0) is 20.4. The number of esters is 1. The smallest absolute Gasteiger partial charge is 0.308 e. The van der Waals surface area contributed by atoms with Crippen molar-refractivity contribution in [1.29, 1.82) is 0 Å². The van der Waals surface area contributed by atoms with Crippen molar-refractivity contribution in [2.75, 3.05) is 19.8 Å². The normalized spacial score (nSPS) is 11.9. The number of hydrogen-bond donors (Lipinski definition) is 0. The van der Waals surface area contributed by atoms with Crippen LogP contribution in [0.2, 0.25) is 10.0 Å². The van der Waals surface area contributed by atoms with Crippen LogP contribution in [0.4, 0.5) is 0 Å². The molecule has 28 heavy (non-hydrogen) atoms. The Morgan fingerprint density at radius 1 is 1.00 bits per heavy atom. The monoisotopic (exact) mass is 424 g/mol. The number of ether oxygens (including phenoxy) is 3. The summed E-state index contributed by atoms with van der Waals surface area (Å²) in [6.45, 7) is 5.19. The van der Waals surface area contributed by atoms with E-state index in [1.807, 2.05) is 49.4 Å². The van der Waals surface area contributed by atoms with E-state index in [9.17, 15) is 4.79 Å². The van der Waals surface area contributed by atoms with Crippen molar-refractivity contribution in [2.45, 2.75) is 39.2 Å². The average Bonchev–Trinajstić information content (AvgIpc) is 2.68. The highest BCUT2D eigenvalue weighted by molar-refractivity contribution is 6.42. The highest BCUT2D eigenvalue weighted by Crippen LogP contribution is 2.25. The highest BCUT2D eigenvalue weighted by atomic mass is 35.5. The molecule has 0 saturated heterocycles. The third-order valence-corrected chi connectivity index (χ3v) is 4.88. The summed E-state index contributed by atoms with van der Waals surface area (Å²) in [5.74, 6) is 0.521. The van der Waals surface area contributed by atoms with Crippen LogP contribution in [0.15, 0.2) is 42.5 Å². The van der Waals surface area contributed by atoms with Crippen LogP contribution in [-0.2, 0) is 20.7 Å². The Hall–Kier alpha value is -1.75. The van der Waals surface area contributed by atoms with E-state index in [-0.39, 0.29) is 18.5 Å². The van der Waals surface area contributed by atoms with E-state index in [0.717, 1.165) is 29.7 Å². The van der Waals surface area contributed by atoms with Crippen LogP contribution in [0, 0.1) is 0 Å². The van der Waals surface area contributed by atoms with Crippen LogP contribution in [-0.4, -0.2) is 25.8 Å². The summed E-state index contributed by atoms with van der Waals surface area (Å²) in [5.41, 5.74) is 2.06. The first kappa shape index (κ1) is 22.5. The topological polar surface area (TPSA) is 44.8 Å². The van der Waals surface area contributed by atoms with Gasteiger partial charge in [-0.3, -0.25) is 4.79 Å². The van der Waals surface area contributed by atoms with E-state index in [4.69, 9.17) is 37.4 Å². The molecule has 1 atom stereocenters. The van der Waals surface area contributed by atoms with Crippen LogP contribution in [0.3, 0.4) is 0 Å². The van der Waals surface area contributed by atoms with Gasteiger partial charge in [0.2, 0.25) is 0 Å². The van der Waals surface area contributed by atoms with E-state index < -0.39 is 0 Å². The maximum Gasteiger partial charge on any atom is 0.308 e. The molecule has 0 radical (unpaired) electrons. The van der Waals surface area contributed by atoms with Crippen LogP contribution in [0.25, 0.3) is 0 Å². The van der Waals surface area contributed by atoms with Crippen molar-refractivity contribution in [1.82, 2.24) is 0 Å². The molecule has 0 spiro atoms. The van der Waals surface area contributed by atoms with E-state index in [2.05, 4.69) is 0 Å². The Kier molecular flexibility index (Phi) is 9.62. The van der Waals surface area contributed by atoms with Gasteiger partial charge in [-0.2, -0.15) is 0 Å². The van der Waals surface area contributed by atoms with Crippen LogP contribution in [0.1, 0.15) is 43.9 Å². The molecule has 4 nitrogen and oxygen atoms in total. The second-order valence-corrected chi connectivity index (χ2v) is 7.04. The number of aryl methyl sites for hydroxylation is 1. The van der Waals surface area contributed by atoms with Gasteiger partial charge in [0.05, 0.1) is 35.8 Å². The van der Waals surface area contributed by atoms with Crippen LogP contribution in [0.5, 0.6) is 5.75 Å². The van der Waals surface area contributed by atoms with Crippen LogP contribution < -0.4 is 4.74 Å². The second kappa shape index (κ2) is 11.9.